The van der Waals surface area contributed by atoms with Gasteiger partial charge in [-0.2, -0.15) is 0 Å². The van der Waals surface area contributed by atoms with Crippen LogP contribution in [0.15, 0.2) is 17.8 Å². The van der Waals surface area contributed by atoms with Crippen molar-refractivity contribution in [3.63, 3.8) is 0 Å². The number of aryl methyl sites for hydroxylation is 2. The van der Waals surface area contributed by atoms with Crippen LogP contribution in [0.4, 0.5) is 5.95 Å². The first-order chi connectivity index (χ1) is 8.84. The molecular formula is C14H20N4O. The molecule has 0 saturated heterocycles. The van der Waals surface area contributed by atoms with Crippen molar-refractivity contribution in [2.75, 3.05) is 5.43 Å². The number of hydrazine groups is 1. The molecule has 0 fully saturated rings. The lowest BCUT2D eigenvalue weighted by Gasteiger charge is -2.27. The van der Waals surface area contributed by atoms with E-state index in [4.69, 9.17) is 0 Å². The largest absolute Gasteiger partial charge is 0.302 e. The zero-order chi connectivity index (χ0) is 14.0. The van der Waals surface area contributed by atoms with E-state index in [1.165, 1.54) is 0 Å². The number of Topliss-reactive ketones (excluding diaryl/α,β-unsaturated/α-hetero) is 1. The Morgan fingerprint density at radius 1 is 1.16 bits per heavy atom. The first kappa shape index (κ1) is 13.5. The van der Waals surface area contributed by atoms with Crippen molar-refractivity contribution in [3.8, 4) is 0 Å². The molecule has 1 aromatic heterocycles. The molecule has 1 heterocycles. The van der Waals surface area contributed by atoms with Gasteiger partial charge >= 0.3 is 0 Å². The maximum Gasteiger partial charge on any atom is 0.242 e. The zero-order valence-corrected chi connectivity index (χ0v) is 11.9. The fourth-order valence-corrected chi connectivity index (χ4v) is 2.36. The molecule has 0 spiro atoms. The normalized spacial score (nSPS) is 17.9. The minimum atomic E-state index is -0.0945. The fourth-order valence-electron chi connectivity index (χ4n) is 2.36. The van der Waals surface area contributed by atoms with Crippen LogP contribution in [0.5, 0.6) is 0 Å². The van der Waals surface area contributed by atoms with E-state index >= 15 is 0 Å². The van der Waals surface area contributed by atoms with Crippen molar-refractivity contribution in [1.29, 1.82) is 0 Å². The monoisotopic (exact) mass is 260 g/mol. The van der Waals surface area contributed by atoms with Crippen LogP contribution in [0.25, 0.3) is 0 Å². The number of ketones is 1. The molecule has 0 atom stereocenters. The summed E-state index contributed by atoms with van der Waals surface area (Å²) in [6.07, 6.45) is 3.11. The number of allylic oxidation sites excluding steroid dienone is 2. The molecule has 2 rings (SSSR count). The highest BCUT2D eigenvalue weighted by Crippen LogP contribution is 2.29. The summed E-state index contributed by atoms with van der Waals surface area (Å²) in [5, 5.41) is 0. The average Bonchev–Trinajstić information content (AvgIpc) is 2.22. The first-order valence-corrected chi connectivity index (χ1v) is 6.42. The van der Waals surface area contributed by atoms with E-state index in [9.17, 15) is 4.79 Å². The summed E-state index contributed by atoms with van der Waals surface area (Å²) in [7, 11) is 0. The van der Waals surface area contributed by atoms with Crippen LogP contribution >= 0.6 is 0 Å². The van der Waals surface area contributed by atoms with Gasteiger partial charge in [-0.25, -0.2) is 9.97 Å². The van der Waals surface area contributed by atoms with Crippen LogP contribution in [0, 0.1) is 19.3 Å². The number of carbonyl (C=O) groups excluding carboxylic acids is 1. The summed E-state index contributed by atoms with van der Waals surface area (Å²) in [4.78, 5) is 20.2. The molecule has 1 aliphatic rings. The number of rotatable bonds is 3. The fraction of sp³-hybridized carbons (Fsp3) is 0.500. The van der Waals surface area contributed by atoms with Gasteiger partial charge in [-0.1, -0.05) is 19.9 Å². The van der Waals surface area contributed by atoms with E-state index in [2.05, 4.69) is 40.7 Å². The van der Waals surface area contributed by atoms with Crippen molar-refractivity contribution >= 4 is 11.7 Å². The summed E-state index contributed by atoms with van der Waals surface area (Å²) in [5.41, 5.74) is 8.61. The predicted octanol–water partition coefficient (Wildman–Crippen LogP) is 2.28. The number of aromatic nitrogens is 2. The maximum absolute atomic E-state index is 11.7. The zero-order valence-electron chi connectivity index (χ0n) is 11.9. The molecule has 0 aliphatic heterocycles. The molecule has 102 valence electrons. The second kappa shape index (κ2) is 4.99. The van der Waals surface area contributed by atoms with Gasteiger partial charge in [-0.05, 0) is 25.3 Å². The van der Waals surface area contributed by atoms with Gasteiger partial charge in [-0.3, -0.25) is 10.2 Å². The van der Waals surface area contributed by atoms with E-state index in [-0.39, 0.29) is 11.2 Å². The third kappa shape index (κ3) is 3.77. The van der Waals surface area contributed by atoms with E-state index in [0.717, 1.165) is 17.1 Å². The van der Waals surface area contributed by atoms with Gasteiger partial charge in [-0.15, -0.1) is 0 Å². The third-order valence-corrected chi connectivity index (χ3v) is 2.92. The number of carbonyl (C=O) groups is 1. The smallest absolute Gasteiger partial charge is 0.242 e. The molecule has 0 aromatic carbocycles. The highest BCUT2D eigenvalue weighted by Gasteiger charge is 2.26. The Kier molecular flexibility index (Phi) is 3.55. The van der Waals surface area contributed by atoms with Crippen LogP contribution in [-0.2, 0) is 4.79 Å². The molecule has 0 unspecified atom stereocenters. The minimum Gasteiger partial charge on any atom is -0.302 e. The molecule has 2 N–H and O–H groups in total. The number of hydrogen-bond donors (Lipinski definition) is 2. The Hall–Kier alpha value is -1.91. The van der Waals surface area contributed by atoms with Gasteiger partial charge in [0, 0.05) is 29.9 Å². The highest BCUT2D eigenvalue weighted by atomic mass is 16.1. The summed E-state index contributed by atoms with van der Waals surface area (Å²) in [6.45, 7) is 7.96. The van der Waals surface area contributed by atoms with Gasteiger partial charge in [0.2, 0.25) is 5.95 Å². The lowest BCUT2D eigenvalue weighted by atomic mass is 9.81. The molecule has 5 nitrogen and oxygen atoms in total. The minimum absolute atomic E-state index is 0.0945. The Morgan fingerprint density at radius 3 is 2.37 bits per heavy atom. The quantitative estimate of drug-likeness (QED) is 0.816. The molecule has 1 aromatic rings. The first-order valence-electron chi connectivity index (χ1n) is 6.42. The second-order valence-electron chi connectivity index (χ2n) is 5.77. The molecular weight excluding hydrogens is 240 g/mol. The number of nitrogens with one attached hydrogen (secondary N) is 2. The lowest BCUT2D eigenvalue weighted by molar-refractivity contribution is -0.120. The van der Waals surface area contributed by atoms with E-state index in [1.54, 1.807) is 0 Å². The van der Waals surface area contributed by atoms with Crippen LogP contribution in [0.1, 0.15) is 38.1 Å². The van der Waals surface area contributed by atoms with Crippen LogP contribution < -0.4 is 10.9 Å². The van der Waals surface area contributed by atoms with Crippen LogP contribution in [0.3, 0.4) is 0 Å². The lowest BCUT2D eigenvalue weighted by Crippen LogP contribution is -2.30. The van der Waals surface area contributed by atoms with Gasteiger partial charge in [0.25, 0.3) is 0 Å². The molecule has 0 saturated carbocycles. The molecule has 5 heteroatoms. The van der Waals surface area contributed by atoms with Gasteiger partial charge in [0.1, 0.15) is 5.78 Å². The van der Waals surface area contributed by atoms with Crippen LogP contribution in [-0.4, -0.2) is 15.8 Å². The molecule has 19 heavy (non-hydrogen) atoms. The Balaban J connectivity index is 2.06. The summed E-state index contributed by atoms with van der Waals surface area (Å²) in [6, 6.07) is 1.91. The summed E-state index contributed by atoms with van der Waals surface area (Å²) < 4.78 is 0. The topological polar surface area (TPSA) is 66.9 Å². The Labute approximate surface area is 113 Å². The number of anilines is 1. The average molecular weight is 260 g/mol. The van der Waals surface area contributed by atoms with Crippen molar-refractivity contribution in [2.24, 2.45) is 5.41 Å². The van der Waals surface area contributed by atoms with Crippen molar-refractivity contribution in [1.82, 2.24) is 15.4 Å². The van der Waals surface area contributed by atoms with Gasteiger partial charge in [0.05, 0.1) is 0 Å². The Bertz CT molecular complexity index is 514. The molecule has 1 aliphatic carbocycles. The van der Waals surface area contributed by atoms with E-state index < -0.39 is 0 Å². The molecule has 0 bridgehead atoms. The summed E-state index contributed by atoms with van der Waals surface area (Å²) >= 11 is 0. The van der Waals surface area contributed by atoms with Gasteiger partial charge in [0.15, 0.2) is 0 Å². The van der Waals surface area contributed by atoms with E-state index in [0.29, 0.717) is 18.8 Å². The summed E-state index contributed by atoms with van der Waals surface area (Å²) in [5.74, 6) is 0.771. The van der Waals surface area contributed by atoms with Crippen molar-refractivity contribution < 1.29 is 4.79 Å². The molecule has 0 amide bonds. The predicted molar refractivity (Wildman–Crippen MR) is 74.4 cm³/mol. The highest BCUT2D eigenvalue weighted by molar-refractivity contribution is 5.83. The third-order valence-electron chi connectivity index (χ3n) is 2.92. The SMILES string of the molecule is Cc1cc(C)nc(NNC2=CC(C)(C)CC(=O)C2)n1. The Morgan fingerprint density at radius 2 is 1.79 bits per heavy atom. The van der Waals surface area contributed by atoms with Gasteiger partial charge < -0.3 is 5.43 Å². The standard InChI is InChI=1S/C14H20N4O/c1-9-5-10(2)16-13(15-9)18-17-11-6-12(19)8-14(3,4)7-11/h5,7,17H,6,8H2,1-4H3,(H,15,16,18). The second-order valence-corrected chi connectivity index (χ2v) is 5.77. The van der Waals surface area contributed by atoms with E-state index in [1.807, 2.05) is 19.9 Å². The molecule has 0 radical (unpaired) electrons. The maximum atomic E-state index is 11.7. The van der Waals surface area contributed by atoms with Crippen LogP contribution in [0.2, 0.25) is 0 Å². The number of nitrogens with zero attached hydrogens (tertiary/aromatic N) is 2. The van der Waals surface area contributed by atoms with Crippen molar-refractivity contribution in [3.05, 3.63) is 29.2 Å². The number of hydrogen-bond acceptors (Lipinski definition) is 5. The van der Waals surface area contributed by atoms with Crippen molar-refractivity contribution in [2.45, 2.75) is 40.5 Å².